The van der Waals surface area contributed by atoms with E-state index >= 15 is 0 Å². The molecule has 0 amide bonds. The summed E-state index contributed by atoms with van der Waals surface area (Å²) in [5.74, 6) is 0.529. The van der Waals surface area contributed by atoms with Crippen molar-refractivity contribution < 1.29 is 0 Å². The number of rotatable bonds is 4. The second-order valence-corrected chi connectivity index (χ2v) is 5.64. The van der Waals surface area contributed by atoms with Gasteiger partial charge in [0.25, 0.3) is 0 Å². The van der Waals surface area contributed by atoms with Gasteiger partial charge in [0.05, 0.1) is 5.69 Å². The van der Waals surface area contributed by atoms with Crippen LogP contribution in [-0.2, 0) is 13.0 Å². The summed E-state index contributed by atoms with van der Waals surface area (Å²) in [6.45, 7) is 4.01. The number of benzene rings is 1. The second kappa shape index (κ2) is 5.21. The van der Waals surface area contributed by atoms with E-state index in [2.05, 4.69) is 41.9 Å². The average molecular weight is 258 g/mol. The Kier molecular flexibility index (Phi) is 3.43. The van der Waals surface area contributed by atoms with Crippen LogP contribution in [0, 0.1) is 0 Å². The first-order valence-corrected chi connectivity index (χ1v) is 7.49. The van der Waals surface area contributed by atoms with Gasteiger partial charge in [0.15, 0.2) is 0 Å². The van der Waals surface area contributed by atoms with E-state index in [-0.39, 0.29) is 0 Å². The lowest BCUT2D eigenvalue weighted by Gasteiger charge is -2.07. The van der Waals surface area contributed by atoms with Crippen LogP contribution in [0.15, 0.2) is 29.6 Å². The number of nitrogens with one attached hydrogen (secondary N) is 1. The minimum Gasteiger partial charge on any atom is -0.311 e. The largest absolute Gasteiger partial charge is 0.311 e. The van der Waals surface area contributed by atoms with Crippen LogP contribution in [0.5, 0.6) is 0 Å². The van der Waals surface area contributed by atoms with Gasteiger partial charge in [-0.25, -0.2) is 4.98 Å². The molecule has 1 aliphatic carbocycles. The molecule has 1 aromatic heterocycles. The fraction of sp³-hybridized carbons (Fsp3) is 0.400. The number of fused-ring (bicyclic) bond motifs is 1. The Morgan fingerprint density at radius 3 is 3.17 bits per heavy atom. The van der Waals surface area contributed by atoms with E-state index in [0.717, 1.165) is 13.1 Å². The molecule has 1 unspecified atom stereocenters. The molecule has 1 aliphatic rings. The Morgan fingerprint density at radius 2 is 2.28 bits per heavy atom. The molecule has 0 spiro atoms. The van der Waals surface area contributed by atoms with Crippen molar-refractivity contribution in [2.45, 2.75) is 32.2 Å². The van der Waals surface area contributed by atoms with E-state index in [9.17, 15) is 0 Å². The van der Waals surface area contributed by atoms with Crippen molar-refractivity contribution in [2.75, 3.05) is 6.54 Å². The molecule has 0 fully saturated rings. The average Bonchev–Trinajstić information content (AvgIpc) is 3.02. The molecule has 2 aromatic rings. The summed E-state index contributed by atoms with van der Waals surface area (Å²) in [4.78, 5) is 4.78. The molecule has 1 heterocycles. The van der Waals surface area contributed by atoms with E-state index in [1.165, 1.54) is 34.7 Å². The normalized spacial score (nSPS) is 17.9. The second-order valence-electron chi connectivity index (χ2n) is 4.75. The van der Waals surface area contributed by atoms with Gasteiger partial charge in [-0.3, -0.25) is 0 Å². The van der Waals surface area contributed by atoms with Crippen LogP contribution < -0.4 is 5.32 Å². The smallest absolute Gasteiger partial charge is 0.100 e. The minimum atomic E-state index is 0.529. The quantitative estimate of drug-likeness (QED) is 0.910. The van der Waals surface area contributed by atoms with Gasteiger partial charge in [-0.05, 0) is 30.5 Å². The van der Waals surface area contributed by atoms with E-state index in [4.69, 9.17) is 4.98 Å². The lowest BCUT2D eigenvalue weighted by molar-refractivity contribution is 0.704. The van der Waals surface area contributed by atoms with Gasteiger partial charge in [0.1, 0.15) is 5.01 Å². The van der Waals surface area contributed by atoms with Crippen LogP contribution >= 0.6 is 11.3 Å². The number of aryl methyl sites for hydroxylation is 1. The van der Waals surface area contributed by atoms with Crippen molar-refractivity contribution in [2.24, 2.45) is 0 Å². The van der Waals surface area contributed by atoms with Gasteiger partial charge in [-0.15, -0.1) is 11.3 Å². The van der Waals surface area contributed by atoms with Crippen molar-refractivity contribution in [3.8, 4) is 0 Å². The zero-order chi connectivity index (χ0) is 12.4. The van der Waals surface area contributed by atoms with Crippen LogP contribution in [0.1, 0.15) is 41.1 Å². The highest BCUT2D eigenvalue weighted by Crippen LogP contribution is 2.38. The summed E-state index contributed by atoms with van der Waals surface area (Å²) in [5, 5.41) is 6.81. The molecule has 3 rings (SSSR count). The molecule has 0 bridgehead atoms. The SMILES string of the molecule is CCNCc1csc(C2CCc3ccccc32)n1. The van der Waals surface area contributed by atoms with Crippen LogP contribution in [-0.4, -0.2) is 11.5 Å². The van der Waals surface area contributed by atoms with E-state index in [1.54, 1.807) is 0 Å². The fourth-order valence-corrected chi connectivity index (χ4v) is 3.60. The van der Waals surface area contributed by atoms with Gasteiger partial charge in [-0.1, -0.05) is 31.2 Å². The Morgan fingerprint density at radius 1 is 1.39 bits per heavy atom. The van der Waals surface area contributed by atoms with Crippen molar-refractivity contribution in [3.63, 3.8) is 0 Å². The molecule has 0 radical (unpaired) electrons. The van der Waals surface area contributed by atoms with E-state index in [0.29, 0.717) is 5.92 Å². The first-order chi connectivity index (χ1) is 8.88. The van der Waals surface area contributed by atoms with Gasteiger partial charge < -0.3 is 5.32 Å². The van der Waals surface area contributed by atoms with Crippen LogP contribution in [0.25, 0.3) is 0 Å². The number of aromatic nitrogens is 1. The fourth-order valence-electron chi connectivity index (χ4n) is 2.63. The first-order valence-electron chi connectivity index (χ1n) is 6.61. The minimum absolute atomic E-state index is 0.529. The highest BCUT2D eigenvalue weighted by Gasteiger charge is 2.25. The molecule has 0 saturated heterocycles. The maximum atomic E-state index is 4.78. The molecule has 18 heavy (non-hydrogen) atoms. The molecule has 2 nitrogen and oxygen atoms in total. The zero-order valence-electron chi connectivity index (χ0n) is 10.6. The lowest BCUT2D eigenvalue weighted by atomic mass is 10.0. The summed E-state index contributed by atoms with van der Waals surface area (Å²) < 4.78 is 0. The number of nitrogens with zero attached hydrogens (tertiary/aromatic N) is 1. The van der Waals surface area contributed by atoms with Crippen LogP contribution in [0.4, 0.5) is 0 Å². The lowest BCUT2D eigenvalue weighted by Crippen LogP contribution is -2.12. The topological polar surface area (TPSA) is 24.9 Å². The molecular weight excluding hydrogens is 240 g/mol. The standard InChI is InChI=1S/C15H18N2S/c1-2-16-9-12-10-18-15(17-12)14-8-7-11-5-3-4-6-13(11)14/h3-6,10,14,16H,2,7-9H2,1H3. The predicted molar refractivity (Wildman–Crippen MR) is 76.1 cm³/mol. The Balaban J connectivity index is 1.82. The molecule has 94 valence electrons. The Labute approximate surface area is 112 Å². The van der Waals surface area contributed by atoms with Crippen molar-refractivity contribution >= 4 is 11.3 Å². The summed E-state index contributed by atoms with van der Waals surface area (Å²) in [6.07, 6.45) is 2.41. The third kappa shape index (κ3) is 2.20. The highest BCUT2D eigenvalue weighted by atomic mass is 32.1. The van der Waals surface area contributed by atoms with Gasteiger partial charge in [0, 0.05) is 17.8 Å². The van der Waals surface area contributed by atoms with E-state index < -0.39 is 0 Å². The van der Waals surface area contributed by atoms with Crippen molar-refractivity contribution in [1.82, 2.24) is 10.3 Å². The maximum absolute atomic E-state index is 4.78. The molecule has 3 heteroatoms. The van der Waals surface area contributed by atoms with Crippen molar-refractivity contribution in [1.29, 1.82) is 0 Å². The molecule has 0 aliphatic heterocycles. The highest BCUT2D eigenvalue weighted by molar-refractivity contribution is 7.09. The van der Waals surface area contributed by atoms with E-state index in [1.807, 2.05) is 11.3 Å². The molecular formula is C15H18N2S. The monoisotopic (exact) mass is 258 g/mol. The third-order valence-electron chi connectivity index (χ3n) is 3.56. The molecule has 1 N–H and O–H groups in total. The number of thiazole rings is 1. The van der Waals surface area contributed by atoms with Gasteiger partial charge >= 0.3 is 0 Å². The molecule has 1 atom stereocenters. The summed E-state index contributed by atoms with van der Waals surface area (Å²) in [5.41, 5.74) is 4.18. The summed E-state index contributed by atoms with van der Waals surface area (Å²) >= 11 is 1.81. The summed E-state index contributed by atoms with van der Waals surface area (Å²) in [7, 11) is 0. The molecule has 1 aromatic carbocycles. The Hall–Kier alpha value is -1.19. The number of hydrogen-bond acceptors (Lipinski definition) is 3. The zero-order valence-corrected chi connectivity index (χ0v) is 11.5. The predicted octanol–water partition coefficient (Wildman–Crippen LogP) is 3.33. The maximum Gasteiger partial charge on any atom is 0.100 e. The Bertz CT molecular complexity index is 533. The third-order valence-corrected chi connectivity index (χ3v) is 4.56. The van der Waals surface area contributed by atoms with Gasteiger partial charge in [-0.2, -0.15) is 0 Å². The van der Waals surface area contributed by atoms with Gasteiger partial charge in [0.2, 0.25) is 0 Å². The number of hydrogen-bond donors (Lipinski definition) is 1. The molecule has 0 saturated carbocycles. The van der Waals surface area contributed by atoms with Crippen LogP contribution in [0.3, 0.4) is 0 Å². The summed E-state index contributed by atoms with van der Waals surface area (Å²) in [6, 6.07) is 8.80. The van der Waals surface area contributed by atoms with Crippen LogP contribution in [0.2, 0.25) is 0 Å². The first kappa shape index (κ1) is 11.9. The van der Waals surface area contributed by atoms with Crippen molar-refractivity contribution in [3.05, 3.63) is 51.5 Å².